The summed E-state index contributed by atoms with van der Waals surface area (Å²) in [5, 5.41) is 7.26. The van der Waals surface area contributed by atoms with Gasteiger partial charge in [0.2, 0.25) is 11.7 Å². The van der Waals surface area contributed by atoms with E-state index < -0.39 is 0 Å². The second-order valence-electron chi connectivity index (χ2n) is 6.18. The minimum absolute atomic E-state index is 0.169. The minimum atomic E-state index is -0.234. The Bertz CT molecular complexity index is 808. The summed E-state index contributed by atoms with van der Waals surface area (Å²) < 4.78 is 29.3. The van der Waals surface area contributed by atoms with Crippen LogP contribution < -0.4 is 5.32 Å². The summed E-state index contributed by atoms with van der Waals surface area (Å²) in [6.07, 6.45) is 2.45. The number of aromatic nitrogens is 2. The molecule has 4 rings (SSSR count). The van der Waals surface area contributed by atoms with E-state index in [0.717, 1.165) is 12.0 Å². The summed E-state index contributed by atoms with van der Waals surface area (Å²) in [5.74, 6) is 1.25. The van der Waals surface area contributed by atoms with Crippen molar-refractivity contribution < 1.29 is 18.1 Å². The Hall–Kier alpha value is -2.51. The number of hydrogen-bond acceptors (Lipinski definition) is 6. The van der Waals surface area contributed by atoms with Crippen LogP contribution >= 0.6 is 0 Å². The van der Waals surface area contributed by atoms with Crippen molar-refractivity contribution in [1.29, 1.82) is 0 Å². The first kappa shape index (κ1) is 16.0. The van der Waals surface area contributed by atoms with Crippen LogP contribution in [0.4, 0.5) is 4.39 Å². The van der Waals surface area contributed by atoms with Gasteiger partial charge >= 0.3 is 0 Å². The van der Waals surface area contributed by atoms with Gasteiger partial charge in [0.1, 0.15) is 5.82 Å². The normalized spacial score (nSPS) is 20.2. The average Bonchev–Trinajstić information content (AvgIpc) is 3.37. The van der Waals surface area contributed by atoms with E-state index in [0.29, 0.717) is 43.8 Å². The Morgan fingerprint density at radius 2 is 2.08 bits per heavy atom. The highest BCUT2D eigenvalue weighted by Gasteiger charge is 2.36. The Morgan fingerprint density at radius 1 is 1.20 bits per heavy atom. The van der Waals surface area contributed by atoms with E-state index >= 15 is 0 Å². The maximum atomic E-state index is 13.2. The van der Waals surface area contributed by atoms with Crippen LogP contribution in [0, 0.1) is 5.82 Å². The SMILES string of the molecule is Fc1ccc(C2(CNCc3nc(-c4ccco4)no3)CCOC2)cc1. The van der Waals surface area contributed by atoms with Crippen molar-refractivity contribution in [3.8, 4) is 11.6 Å². The van der Waals surface area contributed by atoms with Gasteiger partial charge in [-0.25, -0.2) is 4.39 Å². The number of nitrogens with one attached hydrogen (secondary N) is 1. The molecule has 2 aromatic heterocycles. The van der Waals surface area contributed by atoms with Crippen molar-refractivity contribution in [1.82, 2.24) is 15.5 Å². The second-order valence-corrected chi connectivity index (χ2v) is 6.18. The summed E-state index contributed by atoms with van der Waals surface area (Å²) in [6, 6.07) is 10.2. The van der Waals surface area contributed by atoms with Gasteiger partial charge in [0.05, 0.1) is 19.4 Å². The van der Waals surface area contributed by atoms with Crippen LogP contribution in [-0.4, -0.2) is 29.9 Å². The van der Waals surface area contributed by atoms with E-state index in [1.807, 2.05) is 12.1 Å². The Labute approximate surface area is 144 Å². The van der Waals surface area contributed by atoms with Crippen molar-refractivity contribution in [2.24, 2.45) is 0 Å². The average molecular weight is 343 g/mol. The van der Waals surface area contributed by atoms with Crippen LogP contribution in [0.2, 0.25) is 0 Å². The topological polar surface area (TPSA) is 73.3 Å². The molecule has 3 aromatic rings. The minimum Gasteiger partial charge on any atom is -0.461 e. The predicted octanol–water partition coefficient (Wildman–Crippen LogP) is 2.92. The summed E-state index contributed by atoms with van der Waals surface area (Å²) in [5.41, 5.74) is 0.901. The molecular formula is C18H18FN3O3. The molecule has 6 nitrogen and oxygen atoms in total. The van der Waals surface area contributed by atoms with Gasteiger partial charge in [-0.15, -0.1) is 0 Å². The maximum absolute atomic E-state index is 13.2. The molecule has 0 radical (unpaired) electrons. The van der Waals surface area contributed by atoms with Crippen molar-refractivity contribution in [3.63, 3.8) is 0 Å². The predicted molar refractivity (Wildman–Crippen MR) is 87.2 cm³/mol. The smallest absolute Gasteiger partial charge is 0.241 e. The number of rotatable bonds is 6. The lowest BCUT2D eigenvalue weighted by atomic mass is 9.80. The van der Waals surface area contributed by atoms with Crippen LogP contribution in [0.1, 0.15) is 17.9 Å². The van der Waals surface area contributed by atoms with Gasteiger partial charge in [0, 0.05) is 18.6 Å². The summed E-state index contributed by atoms with van der Waals surface area (Å²) in [4.78, 5) is 4.31. The second kappa shape index (κ2) is 6.78. The zero-order valence-corrected chi connectivity index (χ0v) is 13.6. The van der Waals surface area contributed by atoms with Crippen LogP contribution in [0.3, 0.4) is 0 Å². The summed E-state index contributed by atoms with van der Waals surface area (Å²) in [6.45, 7) is 2.42. The summed E-state index contributed by atoms with van der Waals surface area (Å²) in [7, 11) is 0. The number of ether oxygens (including phenoxy) is 1. The van der Waals surface area contributed by atoms with E-state index in [1.54, 1.807) is 18.4 Å². The van der Waals surface area contributed by atoms with Crippen LogP contribution in [-0.2, 0) is 16.7 Å². The van der Waals surface area contributed by atoms with Crippen molar-refractivity contribution in [2.45, 2.75) is 18.4 Å². The molecule has 1 atom stereocenters. The standard InChI is InChI=1S/C18H18FN3O3/c19-14-5-3-13(4-6-14)18(7-9-23-12-18)11-20-10-16-21-17(22-25-16)15-2-1-8-24-15/h1-6,8,20H,7,9-12H2. The lowest BCUT2D eigenvalue weighted by molar-refractivity contribution is 0.175. The molecule has 1 aromatic carbocycles. The van der Waals surface area contributed by atoms with Gasteiger partial charge in [-0.2, -0.15) is 4.98 Å². The fourth-order valence-electron chi connectivity index (χ4n) is 3.12. The van der Waals surface area contributed by atoms with Crippen molar-refractivity contribution in [3.05, 3.63) is 59.9 Å². The van der Waals surface area contributed by atoms with E-state index in [4.69, 9.17) is 13.7 Å². The fourth-order valence-corrected chi connectivity index (χ4v) is 3.12. The van der Waals surface area contributed by atoms with Crippen LogP contribution in [0.15, 0.2) is 51.6 Å². The molecule has 25 heavy (non-hydrogen) atoms. The molecule has 1 aliphatic rings. The summed E-state index contributed by atoms with van der Waals surface area (Å²) >= 11 is 0. The molecule has 1 unspecified atom stereocenters. The Kier molecular flexibility index (Phi) is 4.33. The fraction of sp³-hybridized carbons (Fsp3) is 0.333. The molecule has 0 saturated carbocycles. The van der Waals surface area contributed by atoms with E-state index in [9.17, 15) is 4.39 Å². The highest BCUT2D eigenvalue weighted by atomic mass is 19.1. The molecule has 1 saturated heterocycles. The van der Waals surface area contributed by atoms with Gasteiger partial charge in [-0.1, -0.05) is 17.3 Å². The lowest BCUT2D eigenvalue weighted by Gasteiger charge is -2.28. The van der Waals surface area contributed by atoms with Gasteiger partial charge < -0.3 is 19.0 Å². The van der Waals surface area contributed by atoms with E-state index in [-0.39, 0.29) is 11.2 Å². The monoisotopic (exact) mass is 343 g/mol. The number of furan rings is 1. The van der Waals surface area contributed by atoms with Gasteiger partial charge in [0.15, 0.2) is 5.76 Å². The highest BCUT2D eigenvalue weighted by Crippen LogP contribution is 2.32. The molecule has 0 aliphatic carbocycles. The number of nitrogens with zero attached hydrogens (tertiary/aromatic N) is 2. The number of halogens is 1. The highest BCUT2D eigenvalue weighted by molar-refractivity contribution is 5.44. The molecule has 0 amide bonds. The third-order valence-corrected chi connectivity index (χ3v) is 4.51. The molecule has 130 valence electrons. The molecule has 0 spiro atoms. The third kappa shape index (κ3) is 3.33. The molecule has 1 fully saturated rings. The van der Waals surface area contributed by atoms with Crippen LogP contribution in [0.25, 0.3) is 11.6 Å². The zero-order chi connectivity index (χ0) is 17.1. The Balaban J connectivity index is 1.41. The quantitative estimate of drug-likeness (QED) is 0.742. The largest absolute Gasteiger partial charge is 0.461 e. The first-order valence-corrected chi connectivity index (χ1v) is 8.16. The first-order valence-electron chi connectivity index (χ1n) is 8.16. The molecule has 0 bridgehead atoms. The first-order chi connectivity index (χ1) is 12.3. The third-order valence-electron chi connectivity index (χ3n) is 4.51. The van der Waals surface area contributed by atoms with Gasteiger partial charge in [-0.3, -0.25) is 0 Å². The van der Waals surface area contributed by atoms with Crippen LogP contribution in [0.5, 0.6) is 0 Å². The van der Waals surface area contributed by atoms with Crippen molar-refractivity contribution in [2.75, 3.05) is 19.8 Å². The molecule has 1 N–H and O–H groups in total. The Morgan fingerprint density at radius 3 is 2.80 bits per heavy atom. The molecule has 3 heterocycles. The lowest BCUT2D eigenvalue weighted by Crippen LogP contribution is -2.38. The number of benzene rings is 1. The molecular weight excluding hydrogens is 325 g/mol. The van der Waals surface area contributed by atoms with Gasteiger partial charge in [-0.05, 0) is 36.2 Å². The van der Waals surface area contributed by atoms with E-state index in [1.165, 1.54) is 12.1 Å². The van der Waals surface area contributed by atoms with E-state index in [2.05, 4.69) is 15.5 Å². The maximum Gasteiger partial charge on any atom is 0.241 e. The molecule has 7 heteroatoms. The molecule has 1 aliphatic heterocycles. The van der Waals surface area contributed by atoms with Crippen molar-refractivity contribution >= 4 is 0 Å². The zero-order valence-electron chi connectivity index (χ0n) is 13.6. The van der Waals surface area contributed by atoms with Gasteiger partial charge in [0.25, 0.3) is 0 Å². The number of hydrogen-bond donors (Lipinski definition) is 1.